The Hall–Kier alpha value is -0.0800. The molecular formula is C11H22NO+. The van der Waals surface area contributed by atoms with Gasteiger partial charge in [0, 0.05) is 18.4 Å². The van der Waals surface area contributed by atoms with E-state index in [-0.39, 0.29) is 0 Å². The van der Waals surface area contributed by atoms with E-state index < -0.39 is 0 Å². The first-order chi connectivity index (χ1) is 6.07. The van der Waals surface area contributed by atoms with Gasteiger partial charge in [-0.2, -0.15) is 0 Å². The van der Waals surface area contributed by atoms with Crippen LogP contribution in [0.25, 0.3) is 0 Å². The minimum absolute atomic E-state index is 0.344. The Morgan fingerprint density at radius 2 is 2.08 bits per heavy atom. The highest BCUT2D eigenvalue weighted by molar-refractivity contribution is 5.05. The Morgan fingerprint density at radius 1 is 1.38 bits per heavy atom. The first-order valence-electron chi connectivity index (χ1n) is 5.51. The zero-order valence-electron chi connectivity index (χ0n) is 8.79. The van der Waals surface area contributed by atoms with Crippen molar-refractivity contribution in [2.24, 2.45) is 23.2 Å². The van der Waals surface area contributed by atoms with E-state index in [4.69, 9.17) is 5.11 Å². The molecule has 0 spiro atoms. The van der Waals surface area contributed by atoms with E-state index in [1.54, 1.807) is 0 Å². The minimum Gasteiger partial charge on any atom is -0.396 e. The van der Waals surface area contributed by atoms with Gasteiger partial charge in [-0.3, -0.25) is 0 Å². The Labute approximate surface area is 80.5 Å². The number of aliphatic hydroxyl groups excluding tert-OH is 1. The fourth-order valence-electron chi connectivity index (χ4n) is 3.55. The fourth-order valence-corrected chi connectivity index (χ4v) is 3.55. The van der Waals surface area contributed by atoms with Gasteiger partial charge in [0.1, 0.15) is 0 Å². The van der Waals surface area contributed by atoms with E-state index in [0.29, 0.717) is 24.0 Å². The van der Waals surface area contributed by atoms with E-state index in [0.717, 1.165) is 18.3 Å². The normalized spacial score (nSPS) is 47.1. The molecule has 0 aliphatic heterocycles. The average molecular weight is 184 g/mol. The monoisotopic (exact) mass is 184 g/mol. The van der Waals surface area contributed by atoms with Crippen LogP contribution in [0.15, 0.2) is 0 Å². The third kappa shape index (κ3) is 1.23. The molecular weight excluding hydrogens is 162 g/mol. The molecule has 4 N–H and O–H groups in total. The van der Waals surface area contributed by atoms with Crippen molar-refractivity contribution in [2.75, 3.05) is 6.61 Å². The quantitative estimate of drug-likeness (QED) is 0.651. The van der Waals surface area contributed by atoms with Crippen molar-refractivity contribution in [1.82, 2.24) is 0 Å². The maximum absolute atomic E-state index is 8.94. The molecule has 3 rings (SSSR count). The maximum Gasteiger partial charge on any atom is 0.0906 e. The van der Waals surface area contributed by atoms with Crippen LogP contribution >= 0.6 is 0 Å². The van der Waals surface area contributed by atoms with Crippen molar-refractivity contribution in [3.63, 3.8) is 0 Å². The SMILES string of the molecule is CC1(C)[C@H]2C[C@H](CCO)[C@@H]([NH3+])[C@@H]1C2. The predicted molar refractivity (Wildman–Crippen MR) is 51.9 cm³/mol. The van der Waals surface area contributed by atoms with Gasteiger partial charge in [-0.1, -0.05) is 13.8 Å². The number of rotatable bonds is 2. The van der Waals surface area contributed by atoms with Gasteiger partial charge in [-0.25, -0.2) is 0 Å². The summed E-state index contributed by atoms with van der Waals surface area (Å²) in [5.74, 6) is 2.43. The van der Waals surface area contributed by atoms with Crippen molar-refractivity contribution >= 4 is 0 Å². The molecule has 0 saturated heterocycles. The highest BCUT2D eigenvalue weighted by Gasteiger charge is 2.58. The Balaban J connectivity index is 2.03. The van der Waals surface area contributed by atoms with Crippen LogP contribution in [-0.4, -0.2) is 17.8 Å². The second kappa shape index (κ2) is 2.96. The third-order valence-corrected chi connectivity index (χ3v) is 4.76. The van der Waals surface area contributed by atoms with Gasteiger partial charge < -0.3 is 10.8 Å². The summed E-state index contributed by atoms with van der Waals surface area (Å²) in [4.78, 5) is 0. The highest BCUT2D eigenvalue weighted by Crippen LogP contribution is 2.60. The van der Waals surface area contributed by atoms with Gasteiger partial charge in [0.05, 0.1) is 6.04 Å². The van der Waals surface area contributed by atoms with Crippen LogP contribution in [0.1, 0.15) is 33.1 Å². The van der Waals surface area contributed by atoms with Crippen LogP contribution in [0.4, 0.5) is 0 Å². The average Bonchev–Trinajstić information content (AvgIpc) is 2.08. The van der Waals surface area contributed by atoms with Crippen molar-refractivity contribution in [1.29, 1.82) is 0 Å². The fraction of sp³-hybridized carbons (Fsp3) is 1.00. The number of hydrogen-bond acceptors (Lipinski definition) is 1. The van der Waals surface area contributed by atoms with Crippen molar-refractivity contribution in [3.8, 4) is 0 Å². The number of hydrogen-bond donors (Lipinski definition) is 2. The highest BCUT2D eigenvalue weighted by atomic mass is 16.3. The summed E-state index contributed by atoms with van der Waals surface area (Å²) in [6.07, 6.45) is 3.67. The van der Waals surface area contributed by atoms with Crippen LogP contribution < -0.4 is 5.73 Å². The zero-order chi connectivity index (χ0) is 9.64. The van der Waals surface area contributed by atoms with Gasteiger partial charge in [0.2, 0.25) is 0 Å². The Bertz CT molecular complexity index is 202. The van der Waals surface area contributed by atoms with Crippen molar-refractivity contribution in [3.05, 3.63) is 0 Å². The summed E-state index contributed by atoms with van der Waals surface area (Å²) < 4.78 is 0. The van der Waals surface area contributed by atoms with Crippen LogP contribution in [0.3, 0.4) is 0 Å². The lowest BCUT2D eigenvalue weighted by Gasteiger charge is -2.60. The van der Waals surface area contributed by atoms with Crippen LogP contribution in [0, 0.1) is 23.2 Å². The Kier molecular flexibility index (Phi) is 2.16. The van der Waals surface area contributed by atoms with Gasteiger partial charge in [0.15, 0.2) is 0 Å². The molecule has 0 aromatic rings. The van der Waals surface area contributed by atoms with Crippen LogP contribution in [0.2, 0.25) is 0 Å². The van der Waals surface area contributed by atoms with Gasteiger partial charge in [-0.15, -0.1) is 0 Å². The second-order valence-corrected chi connectivity index (χ2v) is 5.53. The summed E-state index contributed by atoms with van der Waals surface area (Å²) in [5, 5.41) is 8.94. The largest absolute Gasteiger partial charge is 0.396 e. The molecule has 2 nitrogen and oxygen atoms in total. The zero-order valence-corrected chi connectivity index (χ0v) is 8.79. The number of aliphatic hydroxyl groups is 1. The summed E-state index contributed by atoms with van der Waals surface area (Å²) in [6, 6.07) is 0.590. The standard InChI is InChI=1S/C11H21NO/c1-11(2)8-5-7(3-4-13)10(12)9(11)6-8/h7-10,13H,3-6,12H2,1-2H3/p+1/t7-,8-,9-,10+/m0/s1. The molecule has 0 unspecified atom stereocenters. The number of quaternary nitrogens is 1. The van der Waals surface area contributed by atoms with Gasteiger partial charge >= 0.3 is 0 Å². The van der Waals surface area contributed by atoms with Gasteiger partial charge in [0.25, 0.3) is 0 Å². The smallest absolute Gasteiger partial charge is 0.0906 e. The molecule has 2 heteroatoms. The summed E-state index contributed by atoms with van der Waals surface area (Å²) in [7, 11) is 0. The van der Waals surface area contributed by atoms with E-state index in [2.05, 4.69) is 19.6 Å². The molecule has 3 fully saturated rings. The van der Waals surface area contributed by atoms with Crippen LogP contribution in [0.5, 0.6) is 0 Å². The van der Waals surface area contributed by atoms with E-state index >= 15 is 0 Å². The number of fused-ring (bicyclic) bond motifs is 2. The molecule has 0 aromatic carbocycles. The molecule has 0 heterocycles. The van der Waals surface area contributed by atoms with Crippen molar-refractivity contribution in [2.45, 2.75) is 39.2 Å². The first kappa shape index (κ1) is 9.47. The van der Waals surface area contributed by atoms with E-state index in [9.17, 15) is 0 Å². The Morgan fingerprint density at radius 3 is 2.54 bits per heavy atom. The minimum atomic E-state index is 0.344. The summed E-state index contributed by atoms with van der Waals surface area (Å²) in [5.41, 5.74) is 4.84. The lowest BCUT2D eigenvalue weighted by atomic mass is 9.45. The van der Waals surface area contributed by atoms with Gasteiger partial charge in [-0.05, 0) is 30.6 Å². The lowest BCUT2D eigenvalue weighted by Crippen LogP contribution is -2.76. The van der Waals surface area contributed by atoms with E-state index in [1.807, 2.05) is 0 Å². The molecule has 0 radical (unpaired) electrons. The third-order valence-electron chi connectivity index (χ3n) is 4.76. The predicted octanol–water partition coefficient (Wildman–Crippen LogP) is 0.661. The molecule has 4 atom stereocenters. The molecule has 0 amide bonds. The van der Waals surface area contributed by atoms with Crippen molar-refractivity contribution < 1.29 is 10.8 Å². The second-order valence-electron chi connectivity index (χ2n) is 5.53. The van der Waals surface area contributed by atoms with Crippen LogP contribution in [-0.2, 0) is 0 Å². The molecule has 13 heavy (non-hydrogen) atoms. The maximum atomic E-state index is 8.94. The molecule has 3 aliphatic rings. The molecule has 2 bridgehead atoms. The lowest BCUT2D eigenvalue weighted by molar-refractivity contribution is -0.477. The summed E-state index contributed by atoms with van der Waals surface area (Å²) in [6.45, 7) is 5.12. The molecule has 3 aliphatic carbocycles. The first-order valence-corrected chi connectivity index (χ1v) is 5.51. The summed E-state index contributed by atoms with van der Waals surface area (Å²) >= 11 is 0. The molecule has 0 aromatic heterocycles. The molecule has 76 valence electrons. The molecule has 3 saturated carbocycles. The topological polar surface area (TPSA) is 47.9 Å². The van der Waals surface area contributed by atoms with E-state index in [1.165, 1.54) is 12.8 Å².